The van der Waals surface area contributed by atoms with Gasteiger partial charge in [0.25, 0.3) is 0 Å². The second-order valence-corrected chi connectivity index (χ2v) is 7.76. The molecule has 0 aliphatic carbocycles. The zero-order valence-electron chi connectivity index (χ0n) is 18.4. The Morgan fingerprint density at radius 3 is 2.45 bits per heavy atom. The molecule has 2 aliphatic rings. The first kappa shape index (κ1) is 21.8. The lowest BCUT2D eigenvalue weighted by Crippen LogP contribution is -2.47. The molecule has 1 aromatic rings. The minimum atomic E-state index is 0.398. The molecule has 0 spiro atoms. The van der Waals surface area contributed by atoms with Crippen LogP contribution in [0.1, 0.15) is 39.2 Å². The van der Waals surface area contributed by atoms with Gasteiger partial charge in [-0.3, -0.25) is 0 Å². The molecule has 29 heavy (non-hydrogen) atoms. The second-order valence-electron chi connectivity index (χ2n) is 7.76. The van der Waals surface area contributed by atoms with Gasteiger partial charge >= 0.3 is 0 Å². The predicted octanol–water partition coefficient (Wildman–Crippen LogP) is 2.19. The summed E-state index contributed by atoms with van der Waals surface area (Å²) in [5, 5.41) is 3.44. The zero-order chi connectivity index (χ0) is 20.5. The molecule has 7 heteroatoms. The quantitative estimate of drug-likeness (QED) is 0.557. The van der Waals surface area contributed by atoms with Crippen molar-refractivity contribution in [1.82, 2.24) is 20.1 Å². The molecule has 0 radical (unpaired) electrons. The monoisotopic (exact) mass is 402 g/mol. The van der Waals surface area contributed by atoms with Crippen molar-refractivity contribution >= 4 is 11.8 Å². The van der Waals surface area contributed by atoms with Crippen molar-refractivity contribution < 1.29 is 4.74 Å². The van der Waals surface area contributed by atoms with Gasteiger partial charge in [-0.1, -0.05) is 13.0 Å². The third kappa shape index (κ3) is 6.31. The van der Waals surface area contributed by atoms with Gasteiger partial charge in [0.1, 0.15) is 5.82 Å². The van der Waals surface area contributed by atoms with E-state index in [0.717, 1.165) is 89.1 Å². The topological polar surface area (TPSA) is 56.2 Å². The molecule has 2 fully saturated rings. The van der Waals surface area contributed by atoms with Crippen molar-refractivity contribution in [2.75, 3.05) is 63.9 Å². The molecule has 0 unspecified atom stereocenters. The Balaban J connectivity index is 1.54. The number of hydrogen-bond acceptors (Lipinski definition) is 5. The van der Waals surface area contributed by atoms with Crippen LogP contribution < -0.4 is 10.2 Å². The number of nitrogens with one attached hydrogen (secondary N) is 1. The first-order valence-corrected chi connectivity index (χ1v) is 11.3. The molecule has 0 saturated carbocycles. The molecule has 1 aromatic heterocycles. The lowest BCUT2D eigenvalue weighted by atomic mass is 10.1. The standard InChI is InChI=1S/C22H38N6O/c1-4-23-22(28-11-9-20(10-12-28)29-6-3)25-18-19-7-8-21(24-17-19)27-15-13-26(5-2)14-16-27/h7-8,17,20H,4-6,9-16,18H2,1-3H3,(H,23,25). The van der Waals surface area contributed by atoms with Crippen LogP contribution in [0.25, 0.3) is 0 Å². The van der Waals surface area contributed by atoms with E-state index in [4.69, 9.17) is 14.7 Å². The van der Waals surface area contributed by atoms with Crippen LogP contribution in [0.4, 0.5) is 5.82 Å². The van der Waals surface area contributed by atoms with Crippen molar-refractivity contribution in [2.45, 2.75) is 46.3 Å². The number of guanidine groups is 1. The smallest absolute Gasteiger partial charge is 0.194 e. The average molecular weight is 403 g/mol. The summed E-state index contributed by atoms with van der Waals surface area (Å²) >= 11 is 0. The molecule has 3 rings (SSSR count). The predicted molar refractivity (Wildman–Crippen MR) is 120 cm³/mol. The normalized spacial score (nSPS) is 19.6. The molecule has 7 nitrogen and oxygen atoms in total. The zero-order valence-corrected chi connectivity index (χ0v) is 18.4. The summed E-state index contributed by atoms with van der Waals surface area (Å²) in [7, 11) is 0. The van der Waals surface area contributed by atoms with Gasteiger partial charge in [0.15, 0.2) is 5.96 Å². The largest absolute Gasteiger partial charge is 0.378 e. The molecule has 2 saturated heterocycles. The van der Waals surface area contributed by atoms with E-state index in [-0.39, 0.29) is 0 Å². The highest BCUT2D eigenvalue weighted by Gasteiger charge is 2.21. The van der Waals surface area contributed by atoms with Crippen molar-refractivity contribution in [3.63, 3.8) is 0 Å². The van der Waals surface area contributed by atoms with E-state index >= 15 is 0 Å². The van der Waals surface area contributed by atoms with Crippen LogP contribution in [0.3, 0.4) is 0 Å². The van der Waals surface area contributed by atoms with E-state index in [1.54, 1.807) is 0 Å². The molecular weight excluding hydrogens is 364 g/mol. The number of aliphatic imine (C=N–C) groups is 1. The van der Waals surface area contributed by atoms with Crippen LogP contribution in [-0.2, 0) is 11.3 Å². The third-order valence-corrected chi connectivity index (χ3v) is 5.84. The molecule has 1 N–H and O–H groups in total. The van der Waals surface area contributed by atoms with Gasteiger partial charge in [0.2, 0.25) is 0 Å². The maximum absolute atomic E-state index is 5.77. The van der Waals surface area contributed by atoms with E-state index in [1.807, 2.05) is 6.20 Å². The molecule has 0 amide bonds. The fourth-order valence-corrected chi connectivity index (χ4v) is 4.05. The summed E-state index contributed by atoms with van der Waals surface area (Å²) in [4.78, 5) is 16.8. The Hall–Kier alpha value is -1.86. The number of likely N-dealkylation sites (tertiary alicyclic amines) is 1. The first-order chi connectivity index (χ1) is 14.2. The minimum absolute atomic E-state index is 0.398. The number of anilines is 1. The highest BCUT2D eigenvalue weighted by molar-refractivity contribution is 5.80. The van der Waals surface area contributed by atoms with Crippen molar-refractivity contribution in [3.05, 3.63) is 23.9 Å². The van der Waals surface area contributed by atoms with Crippen molar-refractivity contribution in [2.24, 2.45) is 4.99 Å². The average Bonchev–Trinajstić information content (AvgIpc) is 2.78. The summed E-state index contributed by atoms with van der Waals surface area (Å²) < 4.78 is 5.77. The van der Waals surface area contributed by atoms with Gasteiger partial charge in [-0.05, 0) is 44.9 Å². The molecule has 3 heterocycles. The molecule has 162 valence electrons. The summed E-state index contributed by atoms with van der Waals surface area (Å²) in [5.74, 6) is 2.08. The maximum Gasteiger partial charge on any atom is 0.194 e. The van der Waals surface area contributed by atoms with Crippen LogP contribution in [0.5, 0.6) is 0 Å². The fraction of sp³-hybridized carbons (Fsp3) is 0.727. The third-order valence-electron chi connectivity index (χ3n) is 5.84. The summed E-state index contributed by atoms with van der Waals surface area (Å²) in [6.45, 7) is 16.2. The molecule has 2 aliphatic heterocycles. The Bertz CT molecular complexity index is 619. The van der Waals surface area contributed by atoms with Crippen molar-refractivity contribution in [1.29, 1.82) is 0 Å². The van der Waals surface area contributed by atoms with E-state index in [2.05, 4.69) is 52.9 Å². The van der Waals surface area contributed by atoms with Gasteiger partial charge in [-0.15, -0.1) is 0 Å². The number of nitrogens with zero attached hydrogens (tertiary/aromatic N) is 5. The number of piperazine rings is 1. The molecule has 0 aromatic carbocycles. The number of pyridine rings is 1. The van der Waals surface area contributed by atoms with Crippen LogP contribution in [0.2, 0.25) is 0 Å². The van der Waals surface area contributed by atoms with Crippen molar-refractivity contribution in [3.8, 4) is 0 Å². The van der Waals surface area contributed by atoms with Gasteiger partial charge in [0.05, 0.1) is 12.6 Å². The van der Waals surface area contributed by atoms with Gasteiger partial charge in [-0.2, -0.15) is 0 Å². The van der Waals surface area contributed by atoms with E-state index < -0.39 is 0 Å². The van der Waals surface area contributed by atoms with Crippen LogP contribution >= 0.6 is 0 Å². The highest BCUT2D eigenvalue weighted by Crippen LogP contribution is 2.16. The number of aromatic nitrogens is 1. The summed E-state index contributed by atoms with van der Waals surface area (Å²) in [6.07, 6.45) is 4.52. The Kier molecular flexibility index (Phi) is 8.55. The lowest BCUT2D eigenvalue weighted by Gasteiger charge is -2.34. The summed E-state index contributed by atoms with van der Waals surface area (Å²) in [5.41, 5.74) is 1.15. The number of ether oxygens (including phenoxy) is 1. The first-order valence-electron chi connectivity index (χ1n) is 11.3. The number of rotatable bonds is 7. The Morgan fingerprint density at radius 1 is 1.10 bits per heavy atom. The Morgan fingerprint density at radius 2 is 1.86 bits per heavy atom. The number of hydrogen-bond donors (Lipinski definition) is 1. The SMILES string of the molecule is CCNC(=NCc1ccc(N2CCN(CC)CC2)nc1)N1CCC(OCC)CC1. The van der Waals surface area contributed by atoms with E-state index in [0.29, 0.717) is 12.6 Å². The number of piperidine rings is 1. The Labute approximate surface area is 176 Å². The molecule has 0 bridgehead atoms. The second kappa shape index (κ2) is 11.4. The highest BCUT2D eigenvalue weighted by atomic mass is 16.5. The molecular formula is C22H38N6O. The molecule has 0 atom stereocenters. The van der Waals surface area contributed by atoms with Crippen LogP contribution in [0.15, 0.2) is 23.3 Å². The van der Waals surface area contributed by atoms with Gasteiger partial charge in [0, 0.05) is 58.6 Å². The van der Waals surface area contributed by atoms with Gasteiger partial charge in [-0.25, -0.2) is 9.98 Å². The van der Waals surface area contributed by atoms with Crippen LogP contribution in [-0.4, -0.2) is 85.8 Å². The minimum Gasteiger partial charge on any atom is -0.378 e. The van der Waals surface area contributed by atoms with E-state index in [1.165, 1.54) is 0 Å². The van der Waals surface area contributed by atoms with Crippen LogP contribution in [0, 0.1) is 0 Å². The number of likely N-dealkylation sites (N-methyl/N-ethyl adjacent to an activating group) is 1. The summed E-state index contributed by atoms with van der Waals surface area (Å²) in [6, 6.07) is 4.32. The van der Waals surface area contributed by atoms with E-state index in [9.17, 15) is 0 Å². The lowest BCUT2D eigenvalue weighted by molar-refractivity contribution is 0.0263. The fourth-order valence-electron chi connectivity index (χ4n) is 4.05. The van der Waals surface area contributed by atoms with Gasteiger partial charge < -0.3 is 24.8 Å². The maximum atomic E-state index is 5.77.